The summed E-state index contributed by atoms with van der Waals surface area (Å²) in [5.74, 6) is 0.718. The van der Waals surface area contributed by atoms with Crippen LogP contribution in [-0.4, -0.2) is 5.91 Å². The van der Waals surface area contributed by atoms with Crippen molar-refractivity contribution in [3.05, 3.63) is 58.6 Å². The Morgan fingerprint density at radius 2 is 1.95 bits per heavy atom. The maximum Gasteiger partial charge on any atom is 0.245 e. The van der Waals surface area contributed by atoms with Gasteiger partial charge in [-0.2, -0.15) is 0 Å². The zero-order valence-electron chi connectivity index (χ0n) is 10.6. The van der Waals surface area contributed by atoms with Crippen LogP contribution in [0.1, 0.15) is 17.2 Å². The molecule has 3 nitrogen and oxygen atoms in total. The number of benzene rings is 2. The second-order valence-electron chi connectivity index (χ2n) is 4.63. The van der Waals surface area contributed by atoms with E-state index in [0.717, 1.165) is 26.9 Å². The van der Waals surface area contributed by atoms with E-state index >= 15 is 0 Å². The van der Waals surface area contributed by atoms with Crippen LogP contribution in [0.2, 0.25) is 5.02 Å². The number of anilines is 1. The largest absolute Gasteiger partial charge is 0.324 e. The molecule has 0 bridgehead atoms. The van der Waals surface area contributed by atoms with Gasteiger partial charge in [-0.05, 0) is 29.8 Å². The lowest BCUT2D eigenvalue weighted by molar-refractivity contribution is -0.116. The van der Waals surface area contributed by atoms with Crippen LogP contribution < -0.4 is 11.1 Å². The number of carbonyl (C=O) groups excluding carboxylic acids is 1. The summed E-state index contributed by atoms with van der Waals surface area (Å²) in [6, 6.07) is 13.2. The molecule has 2 aromatic carbocycles. The van der Waals surface area contributed by atoms with Crippen molar-refractivity contribution in [1.82, 2.24) is 0 Å². The average Bonchev–Trinajstić information content (AvgIpc) is 2.73. The standard InChI is InChI=1S/C15H13ClN2OS/c16-10-3-1-9(2-4-10)8-20-11-5-6-12-13(7-11)18-15(19)14(12)17/h1-7,14H,8,17H2,(H,18,19). The molecule has 0 radical (unpaired) electrons. The molecule has 0 spiro atoms. The highest BCUT2D eigenvalue weighted by Crippen LogP contribution is 2.34. The maximum absolute atomic E-state index is 11.5. The number of amides is 1. The van der Waals surface area contributed by atoms with Gasteiger partial charge < -0.3 is 11.1 Å². The first kappa shape index (κ1) is 13.5. The summed E-state index contributed by atoms with van der Waals surface area (Å²) in [6.45, 7) is 0. The second-order valence-corrected chi connectivity index (χ2v) is 6.12. The van der Waals surface area contributed by atoms with E-state index in [2.05, 4.69) is 5.32 Å². The third kappa shape index (κ3) is 2.68. The molecule has 3 rings (SSSR count). The number of carbonyl (C=O) groups is 1. The number of halogens is 1. The van der Waals surface area contributed by atoms with Crippen LogP contribution in [0, 0.1) is 0 Å². The van der Waals surface area contributed by atoms with Gasteiger partial charge in [0.1, 0.15) is 6.04 Å². The molecular formula is C15H13ClN2OS. The third-order valence-corrected chi connectivity index (χ3v) is 4.54. The van der Waals surface area contributed by atoms with Gasteiger partial charge in [0.25, 0.3) is 0 Å². The number of nitrogens with one attached hydrogen (secondary N) is 1. The fourth-order valence-electron chi connectivity index (χ4n) is 2.10. The zero-order valence-corrected chi connectivity index (χ0v) is 12.2. The molecule has 1 unspecified atom stereocenters. The molecule has 102 valence electrons. The summed E-state index contributed by atoms with van der Waals surface area (Å²) in [4.78, 5) is 12.6. The molecule has 3 N–H and O–H groups in total. The monoisotopic (exact) mass is 304 g/mol. The molecular weight excluding hydrogens is 292 g/mol. The van der Waals surface area contributed by atoms with E-state index in [-0.39, 0.29) is 5.91 Å². The molecule has 2 aromatic rings. The van der Waals surface area contributed by atoms with E-state index in [4.69, 9.17) is 17.3 Å². The molecule has 0 fully saturated rings. The Kier molecular flexibility index (Phi) is 3.70. The van der Waals surface area contributed by atoms with E-state index in [1.165, 1.54) is 5.56 Å². The van der Waals surface area contributed by atoms with Gasteiger partial charge >= 0.3 is 0 Å². The second kappa shape index (κ2) is 5.48. The number of rotatable bonds is 3. The van der Waals surface area contributed by atoms with Crippen LogP contribution in [0.4, 0.5) is 5.69 Å². The van der Waals surface area contributed by atoms with Crippen LogP contribution in [0.3, 0.4) is 0 Å². The number of thioether (sulfide) groups is 1. The summed E-state index contributed by atoms with van der Waals surface area (Å²) in [7, 11) is 0. The predicted octanol–water partition coefficient (Wildman–Crippen LogP) is 3.58. The minimum Gasteiger partial charge on any atom is -0.324 e. The quantitative estimate of drug-likeness (QED) is 0.852. The fourth-order valence-corrected chi connectivity index (χ4v) is 3.12. The molecule has 0 saturated carbocycles. The Morgan fingerprint density at radius 1 is 1.20 bits per heavy atom. The molecule has 1 amide bonds. The van der Waals surface area contributed by atoms with Crippen molar-refractivity contribution in [3.63, 3.8) is 0 Å². The van der Waals surface area contributed by atoms with Crippen LogP contribution in [0.5, 0.6) is 0 Å². The van der Waals surface area contributed by atoms with Gasteiger partial charge in [-0.15, -0.1) is 11.8 Å². The minimum absolute atomic E-state index is 0.139. The van der Waals surface area contributed by atoms with Crippen LogP contribution in [-0.2, 0) is 10.5 Å². The summed E-state index contributed by atoms with van der Waals surface area (Å²) < 4.78 is 0. The van der Waals surface area contributed by atoms with Crippen molar-refractivity contribution in [2.45, 2.75) is 16.7 Å². The summed E-state index contributed by atoms with van der Waals surface area (Å²) in [5.41, 5.74) is 8.69. The third-order valence-electron chi connectivity index (χ3n) is 3.22. The van der Waals surface area contributed by atoms with Gasteiger partial charge in [0.15, 0.2) is 0 Å². The molecule has 0 aliphatic carbocycles. The highest BCUT2D eigenvalue weighted by molar-refractivity contribution is 7.98. The molecule has 1 heterocycles. The Morgan fingerprint density at radius 3 is 2.70 bits per heavy atom. The molecule has 0 aromatic heterocycles. The predicted molar refractivity (Wildman–Crippen MR) is 83.0 cm³/mol. The van der Waals surface area contributed by atoms with Crippen molar-refractivity contribution < 1.29 is 4.79 Å². The lowest BCUT2D eigenvalue weighted by Gasteiger charge is -2.05. The summed E-state index contributed by atoms with van der Waals surface area (Å²) >= 11 is 7.57. The van der Waals surface area contributed by atoms with E-state index < -0.39 is 6.04 Å². The van der Waals surface area contributed by atoms with Gasteiger partial charge in [-0.3, -0.25) is 4.79 Å². The van der Waals surface area contributed by atoms with Gasteiger partial charge in [0, 0.05) is 26.9 Å². The normalized spacial score (nSPS) is 16.9. The lowest BCUT2D eigenvalue weighted by Crippen LogP contribution is -2.19. The fraction of sp³-hybridized carbons (Fsp3) is 0.133. The minimum atomic E-state index is -0.541. The average molecular weight is 305 g/mol. The van der Waals surface area contributed by atoms with Crippen molar-refractivity contribution in [2.24, 2.45) is 5.73 Å². The van der Waals surface area contributed by atoms with E-state index in [1.54, 1.807) is 11.8 Å². The van der Waals surface area contributed by atoms with Gasteiger partial charge in [-0.25, -0.2) is 0 Å². The molecule has 5 heteroatoms. The highest BCUT2D eigenvalue weighted by atomic mass is 35.5. The SMILES string of the molecule is NC1C(=O)Nc2cc(SCc3ccc(Cl)cc3)ccc21. The summed E-state index contributed by atoms with van der Waals surface area (Å²) in [6.07, 6.45) is 0. The van der Waals surface area contributed by atoms with E-state index in [1.807, 2.05) is 42.5 Å². The van der Waals surface area contributed by atoms with Crippen LogP contribution >= 0.6 is 23.4 Å². The van der Waals surface area contributed by atoms with Gasteiger partial charge in [0.05, 0.1) is 0 Å². The maximum atomic E-state index is 11.5. The van der Waals surface area contributed by atoms with Gasteiger partial charge in [-0.1, -0.05) is 29.8 Å². The van der Waals surface area contributed by atoms with Crippen molar-refractivity contribution in [1.29, 1.82) is 0 Å². The molecule has 1 aliphatic heterocycles. The Balaban J connectivity index is 1.72. The molecule has 1 aliphatic rings. The number of nitrogens with two attached hydrogens (primary N) is 1. The molecule has 1 atom stereocenters. The first-order chi connectivity index (χ1) is 9.63. The summed E-state index contributed by atoms with van der Waals surface area (Å²) in [5, 5.41) is 3.54. The first-order valence-corrected chi connectivity index (χ1v) is 7.57. The molecule has 20 heavy (non-hydrogen) atoms. The van der Waals surface area contributed by atoms with Crippen molar-refractivity contribution in [3.8, 4) is 0 Å². The lowest BCUT2D eigenvalue weighted by atomic mass is 10.1. The zero-order chi connectivity index (χ0) is 14.1. The topological polar surface area (TPSA) is 55.1 Å². The van der Waals surface area contributed by atoms with E-state index in [0.29, 0.717) is 0 Å². The van der Waals surface area contributed by atoms with Crippen LogP contribution in [0.25, 0.3) is 0 Å². The highest BCUT2D eigenvalue weighted by Gasteiger charge is 2.26. The van der Waals surface area contributed by atoms with Crippen LogP contribution in [0.15, 0.2) is 47.4 Å². The Hall–Kier alpha value is -1.49. The number of fused-ring (bicyclic) bond motifs is 1. The van der Waals surface area contributed by atoms with Crippen molar-refractivity contribution in [2.75, 3.05) is 5.32 Å². The Bertz CT molecular complexity index is 657. The van der Waals surface area contributed by atoms with E-state index in [9.17, 15) is 4.79 Å². The van der Waals surface area contributed by atoms with Gasteiger partial charge in [0.2, 0.25) is 5.91 Å². The smallest absolute Gasteiger partial charge is 0.245 e. The Labute approximate surface area is 126 Å². The molecule has 0 saturated heterocycles. The number of hydrogen-bond acceptors (Lipinski definition) is 3. The van der Waals surface area contributed by atoms with Crippen molar-refractivity contribution >= 4 is 35.0 Å². The number of hydrogen-bond donors (Lipinski definition) is 2. The first-order valence-electron chi connectivity index (χ1n) is 6.21.